The first-order valence-electron chi connectivity index (χ1n) is 7.01. The van der Waals surface area contributed by atoms with Crippen LogP contribution >= 0.6 is 0 Å². The van der Waals surface area contributed by atoms with Gasteiger partial charge < -0.3 is 0 Å². The molecule has 0 radical (unpaired) electrons. The van der Waals surface area contributed by atoms with Crippen LogP contribution in [0.2, 0.25) is 0 Å². The zero-order valence-corrected chi connectivity index (χ0v) is 12.3. The third-order valence-corrected chi connectivity index (χ3v) is 3.47. The Morgan fingerprint density at radius 2 is 1.58 bits per heavy atom. The van der Waals surface area contributed by atoms with Crippen molar-refractivity contribution in [3.8, 4) is 0 Å². The maximum atomic E-state index is 11.1. The zero-order valence-electron chi connectivity index (χ0n) is 12.3. The van der Waals surface area contributed by atoms with Crippen LogP contribution in [-0.4, -0.2) is 14.8 Å². The third-order valence-electron chi connectivity index (χ3n) is 3.47. The number of hydrogen-bond donors (Lipinski definition) is 0. The number of nitro groups is 2. The van der Waals surface area contributed by atoms with Gasteiger partial charge in [-0.15, -0.1) is 0 Å². The Hall–Kier alpha value is -3.61. The van der Waals surface area contributed by atoms with Crippen LogP contribution in [0.15, 0.2) is 54.6 Å². The van der Waals surface area contributed by atoms with E-state index in [0.29, 0.717) is 16.6 Å². The number of benzene rings is 2. The Labute approximate surface area is 136 Å². The van der Waals surface area contributed by atoms with Crippen molar-refractivity contribution in [2.75, 3.05) is 0 Å². The summed E-state index contributed by atoms with van der Waals surface area (Å²) in [5.74, 6) is 0. The molecule has 1 heterocycles. The van der Waals surface area contributed by atoms with E-state index in [-0.39, 0.29) is 11.4 Å². The Morgan fingerprint density at radius 3 is 2.25 bits per heavy atom. The maximum Gasteiger partial charge on any atom is 0.295 e. The van der Waals surface area contributed by atoms with Gasteiger partial charge in [-0.1, -0.05) is 24.3 Å². The van der Waals surface area contributed by atoms with E-state index in [1.54, 1.807) is 48.6 Å². The van der Waals surface area contributed by atoms with Crippen LogP contribution in [0.4, 0.5) is 11.4 Å². The van der Waals surface area contributed by atoms with Crippen molar-refractivity contribution in [1.29, 1.82) is 0 Å². The summed E-state index contributed by atoms with van der Waals surface area (Å²) < 4.78 is 0. The SMILES string of the molecule is O=[N+]([O-])c1ccc(/C=C/c2ccc3cccc([N+](=O)[O-])c3n2)cc1. The van der Waals surface area contributed by atoms with Gasteiger partial charge in [0.25, 0.3) is 11.4 Å². The first-order chi connectivity index (χ1) is 11.5. The summed E-state index contributed by atoms with van der Waals surface area (Å²) in [4.78, 5) is 25.1. The van der Waals surface area contributed by atoms with E-state index in [9.17, 15) is 20.2 Å². The third kappa shape index (κ3) is 3.09. The second-order valence-corrected chi connectivity index (χ2v) is 5.02. The first kappa shape index (κ1) is 15.3. The highest BCUT2D eigenvalue weighted by molar-refractivity contribution is 5.88. The molecule has 0 aliphatic rings. The van der Waals surface area contributed by atoms with Crippen molar-refractivity contribution in [2.45, 2.75) is 0 Å². The van der Waals surface area contributed by atoms with E-state index in [4.69, 9.17) is 0 Å². The van der Waals surface area contributed by atoms with Crippen LogP contribution in [0.1, 0.15) is 11.3 Å². The standard InChI is InChI=1S/C17H11N3O4/c21-19(22)15-10-5-12(6-11-15)4-8-14-9-7-13-2-1-3-16(20(23)24)17(13)18-14/h1-11H/b8-4+. The van der Waals surface area contributed by atoms with Crippen LogP contribution in [0.25, 0.3) is 23.1 Å². The molecule has 7 nitrogen and oxygen atoms in total. The monoisotopic (exact) mass is 321 g/mol. The largest absolute Gasteiger partial charge is 0.295 e. The fraction of sp³-hybridized carbons (Fsp3) is 0. The van der Waals surface area contributed by atoms with E-state index in [0.717, 1.165) is 5.56 Å². The molecule has 7 heteroatoms. The van der Waals surface area contributed by atoms with Crippen molar-refractivity contribution in [3.63, 3.8) is 0 Å². The predicted octanol–water partition coefficient (Wildman–Crippen LogP) is 4.22. The molecule has 0 aliphatic carbocycles. The average Bonchev–Trinajstić information content (AvgIpc) is 2.59. The molecule has 0 bridgehead atoms. The summed E-state index contributed by atoms with van der Waals surface area (Å²) in [5.41, 5.74) is 1.64. The van der Waals surface area contributed by atoms with Crippen LogP contribution in [-0.2, 0) is 0 Å². The molecule has 118 valence electrons. The second-order valence-electron chi connectivity index (χ2n) is 5.02. The molecular formula is C17H11N3O4. The van der Waals surface area contributed by atoms with Gasteiger partial charge in [0.05, 0.1) is 15.5 Å². The summed E-state index contributed by atoms with van der Waals surface area (Å²) in [5, 5.41) is 22.4. The van der Waals surface area contributed by atoms with Gasteiger partial charge in [-0.3, -0.25) is 20.2 Å². The van der Waals surface area contributed by atoms with Crippen molar-refractivity contribution >= 4 is 34.4 Å². The van der Waals surface area contributed by atoms with Gasteiger partial charge in [0.15, 0.2) is 0 Å². The summed E-state index contributed by atoms with van der Waals surface area (Å²) in [6, 6.07) is 14.4. The zero-order chi connectivity index (χ0) is 17.1. The van der Waals surface area contributed by atoms with Gasteiger partial charge in [-0.25, -0.2) is 4.98 Å². The van der Waals surface area contributed by atoms with Crippen molar-refractivity contribution < 1.29 is 9.85 Å². The second kappa shape index (κ2) is 6.25. The highest BCUT2D eigenvalue weighted by Crippen LogP contribution is 2.24. The lowest BCUT2D eigenvalue weighted by Gasteiger charge is -2.00. The average molecular weight is 321 g/mol. The van der Waals surface area contributed by atoms with E-state index in [1.165, 1.54) is 18.2 Å². The lowest BCUT2D eigenvalue weighted by molar-refractivity contribution is -0.384. The van der Waals surface area contributed by atoms with Gasteiger partial charge in [0.1, 0.15) is 5.52 Å². The molecule has 0 atom stereocenters. The van der Waals surface area contributed by atoms with Gasteiger partial charge in [-0.05, 0) is 29.8 Å². The number of nitro benzene ring substituents is 2. The van der Waals surface area contributed by atoms with Crippen LogP contribution in [0.5, 0.6) is 0 Å². The summed E-state index contributed by atoms with van der Waals surface area (Å²) >= 11 is 0. The Bertz CT molecular complexity index is 965. The number of nitrogens with zero attached hydrogens (tertiary/aromatic N) is 3. The smallest absolute Gasteiger partial charge is 0.258 e. The quantitative estimate of drug-likeness (QED) is 0.529. The molecule has 0 aliphatic heterocycles. The van der Waals surface area contributed by atoms with Crippen molar-refractivity contribution in [3.05, 3.63) is 86.1 Å². The van der Waals surface area contributed by atoms with Crippen LogP contribution in [0, 0.1) is 20.2 Å². The molecule has 0 saturated heterocycles. The molecule has 1 aromatic heterocycles. The Balaban J connectivity index is 1.93. The number of para-hydroxylation sites is 1. The minimum atomic E-state index is -0.461. The van der Waals surface area contributed by atoms with Gasteiger partial charge >= 0.3 is 0 Å². The van der Waals surface area contributed by atoms with Gasteiger partial charge in [-0.2, -0.15) is 0 Å². The highest BCUT2D eigenvalue weighted by Gasteiger charge is 2.12. The maximum absolute atomic E-state index is 11.1. The molecule has 24 heavy (non-hydrogen) atoms. The molecule has 0 spiro atoms. The fourth-order valence-electron chi connectivity index (χ4n) is 2.28. The molecule has 3 rings (SSSR count). The van der Waals surface area contributed by atoms with Gasteiger partial charge in [0, 0.05) is 23.6 Å². The molecule has 2 aromatic carbocycles. The van der Waals surface area contributed by atoms with Crippen molar-refractivity contribution in [2.24, 2.45) is 0 Å². The van der Waals surface area contributed by atoms with E-state index in [2.05, 4.69) is 4.98 Å². The Kier molecular flexibility index (Phi) is 3.98. The summed E-state index contributed by atoms with van der Waals surface area (Å²) in [7, 11) is 0. The molecule has 0 unspecified atom stereocenters. The van der Waals surface area contributed by atoms with Crippen LogP contribution < -0.4 is 0 Å². The van der Waals surface area contributed by atoms with E-state index >= 15 is 0 Å². The molecular weight excluding hydrogens is 310 g/mol. The molecule has 0 amide bonds. The van der Waals surface area contributed by atoms with Crippen molar-refractivity contribution in [1.82, 2.24) is 4.98 Å². The summed E-state index contributed by atoms with van der Waals surface area (Å²) in [6.45, 7) is 0. The number of non-ortho nitro benzene ring substituents is 2. The molecule has 0 saturated carbocycles. The normalized spacial score (nSPS) is 11.0. The number of fused-ring (bicyclic) bond motifs is 1. The molecule has 3 aromatic rings. The molecule has 0 fully saturated rings. The summed E-state index contributed by atoms with van der Waals surface area (Å²) in [6.07, 6.45) is 3.45. The lowest BCUT2D eigenvalue weighted by atomic mass is 10.1. The Morgan fingerprint density at radius 1 is 0.833 bits per heavy atom. The molecule has 0 N–H and O–H groups in total. The van der Waals surface area contributed by atoms with Gasteiger partial charge in [0.2, 0.25) is 0 Å². The van der Waals surface area contributed by atoms with E-state index < -0.39 is 9.85 Å². The first-order valence-corrected chi connectivity index (χ1v) is 7.01. The number of aromatic nitrogens is 1. The number of hydrogen-bond acceptors (Lipinski definition) is 5. The highest BCUT2D eigenvalue weighted by atomic mass is 16.6. The topological polar surface area (TPSA) is 99.2 Å². The predicted molar refractivity (Wildman–Crippen MR) is 90.4 cm³/mol. The number of rotatable bonds is 4. The fourth-order valence-corrected chi connectivity index (χ4v) is 2.28. The van der Waals surface area contributed by atoms with Crippen LogP contribution in [0.3, 0.4) is 0 Å². The minimum Gasteiger partial charge on any atom is -0.258 e. The minimum absolute atomic E-state index is 0.0200. The lowest BCUT2D eigenvalue weighted by Crippen LogP contribution is -1.92. The number of pyridine rings is 1. The van der Waals surface area contributed by atoms with E-state index in [1.807, 2.05) is 0 Å².